The molecule has 0 bridgehead atoms. The molecule has 0 spiro atoms. The van der Waals surface area contributed by atoms with Gasteiger partial charge in [-0.3, -0.25) is 9.36 Å². The second kappa shape index (κ2) is 6.14. The van der Waals surface area contributed by atoms with Crippen LogP contribution in [0.2, 0.25) is 0 Å². The van der Waals surface area contributed by atoms with Gasteiger partial charge in [0.05, 0.1) is 19.0 Å². The quantitative estimate of drug-likeness (QED) is 0.684. The number of methoxy groups -OCH3 is 1. The molecular weight excluding hydrogens is 320 g/mol. The van der Waals surface area contributed by atoms with E-state index in [0.717, 1.165) is 32.1 Å². The molecule has 2 heterocycles. The second-order valence-corrected chi connectivity index (χ2v) is 6.86. The van der Waals surface area contributed by atoms with Crippen molar-refractivity contribution in [3.63, 3.8) is 0 Å². The maximum atomic E-state index is 13.0. The number of aromatic nitrogens is 2. The highest BCUT2D eigenvalue weighted by Gasteiger charge is 2.18. The van der Waals surface area contributed by atoms with E-state index in [9.17, 15) is 4.79 Å². The monoisotopic (exact) mass is 338 g/mol. The molecule has 2 aromatic heterocycles. The smallest absolute Gasteiger partial charge is 0.263 e. The lowest BCUT2D eigenvalue weighted by Gasteiger charge is -2.09. The molecule has 0 N–H and O–H groups in total. The minimum Gasteiger partial charge on any atom is -0.496 e. The van der Waals surface area contributed by atoms with Gasteiger partial charge >= 0.3 is 0 Å². The summed E-state index contributed by atoms with van der Waals surface area (Å²) >= 11 is 1.54. The van der Waals surface area contributed by atoms with Crippen molar-refractivity contribution in [2.45, 2.75) is 27.3 Å². The Labute approximate surface area is 144 Å². The highest BCUT2D eigenvalue weighted by Crippen LogP contribution is 2.37. The predicted molar refractivity (Wildman–Crippen MR) is 98.9 cm³/mol. The molecule has 1 aromatic carbocycles. The lowest BCUT2D eigenvalue weighted by Crippen LogP contribution is -2.23. The number of rotatable bonds is 3. The normalized spacial score (nSPS) is 10.8. The Kier molecular flexibility index (Phi) is 4.16. The second-order valence-electron chi connectivity index (χ2n) is 5.65. The van der Waals surface area contributed by atoms with Crippen molar-refractivity contribution in [2.75, 3.05) is 7.11 Å². The zero-order valence-corrected chi connectivity index (χ0v) is 15.0. The number of nitrogens with zero attached hydrogens (tertiary/aromatic N) is 2. The molecule has 5 heteroatoms. The summed E-state index contributed by atoms with van der Waals surface area (Å²) in [7, 11) is 1.65. The van der Waals surface area contributed by atoms with Crippen LogP contribution in [0.4, 0.5) is 0 Å². The third-order valence-electron chi connectivity index (χ3n) is 4.11. The molecule has 0 aliphatic carbocycles. The van der Waals surface area contributed by atoms with Crippen molar-refractivity contribution < 1.29 is 4.74 Å². The summed E-state index contributed by atoms with van der Waals surface area (Å²) in [5.41, 5.74) is 2.87. The van der Waals surface area contributed by atoms with Crippen molar-refractivity contribution in [1.29, 1.82) is 0 Å². The summed E-state index contributed by atoms with van der Waals surface area (Å²) in [5, 5.41) is 0.642. The number of fused-ring (bicyclic) bond motifs is 1. The van der Waals surface area contributed by atoms with Crippen LogP contribution in [0.1, 0.15) is 16.3 Å². The van der Waals surface area contributed by atoms with Crippen LogP contribution in [0.3, 0.4) is 0 Å². The number of benzene rings is 1. The van der Waals surface area contributed by atoms with Crippen molar-refractivity contribution in [3.8, 4) is 29.2 Å². The van der Waals surface area contributed by atoms with E-state index in [0.29, 0.717) is 11.2 Å². The first-order valence-corrected chi connectivity index (χ1v) is 8.38. The van der Waals surface area contributed by atoms with Crippen LogP contribution in [0.25, 0.3) is 21.3 Å². The van der Waals surface area contributed by atoms with Gasteiger partial charge in [-0.1, -0.05) is 12.0 Å². The van der Waals surface area contributed by atoms with Gasteiger partial charge in [0.25, 0.3) is 5.56 Å². The van der Waals surface area contributed by atoms with Gasteiger partial charge in [0.1, 0.15) is 16.4 Å². The summed E-state index contributed by atoms with van der Waals surface area (Å²) in [6.07, 6.45) is 5.40. The molecule has 0 radical (unpaired) electrons. The number of hydrogen-bond donors (Lipinski definition) is 0. The molecule has 24 heavy (non-hydrogen) atoms. The number of terminal acetylenes is 1. The van der Waals surface area contributed by atoms with Crippen LogP contribution < -0.4 is 10.3 Å². The number of hydrogen-bond acceptors (Lipinski definition) is 4. The van der Waals surface area contributed by atoms with Gasteiger partial charge in [-0.25, -0.2) is 4.98 Å². The van der Waals surface area contributed by atoms with Crippen molar-refractivity contribution in [2.24, 2.45) is 0 Å². The molecular formula is C19H18N2O2S. The molecule has 0 unspecified atom stereocenters. The largest absolute Gasteiger partial charge is 0.496 e. The number of ether oxygens (including phenoxy) is 1. The van der Waals surface area contributed by atoms with E-state index in [1.807, 2.05) is 39.0 Å². The molecule has 0 saturated carbocycles. The fraction of sp³-hybridized carbons (Fsp3) is 0.263. The van der Waals surface area contributed by atoms with Gasteiger partial charge in [0.2, 0.25) is 0 Å². The van der Waals surface area contributed by atoms with Crippen LogP contribution in [0, 0.1) is 33.1 Å². The molecule has 4 nitrogen and oxygen atoms in total. The van der Waals surface area contributed by atoms with E-state index >= 15 is 0 Å². The van der Waals surface area contributed by atoms with Crippen LogP contribution in [0.15, 0.2) is 23.0 Å². The standard InChI is InChI=1S/C19H18N2O2S/c1-6-9-21-13(4)20-18-17(19(21)22)16(12(3)24-18)14-7-8-15(23-5)11(2)10-14/h1,7-8,10H,9H2,2-5H3. The lowest BCUT2D eigenvalue weighted by atomic mass is 10.0. The predicted octanol–water partition coefficient (Wildman–Crippen LogP) is 3.69. The van der Waals surface area contributed by atoms with Gasteiger partial charge in [-0.15, -0.1) is 17.8 Å². The summed E-state index contributed by atoms with van der Waals surface area (Å²) in [4.78, 5) is 19.4. The van der Waals surface area contributed by atoms with Gasteiger partial charge in [0.15, 0.2) is 0 Å². The maximum Gasteiger partial charge on any atom is 0.263 e. The third kappa shape index (κ3) is 2.49. The summed E-state index contributed by atoms with van der Waals surface area (Å²) in [5.74, 6) is 4.00. The Morgan fingerprint density at radius 1 is 1.33 bits per heavy atom. The van der Waals surface area contributed by atoms with E-state index in [1.54, 1.807) is 11.7 Å². The highest BCUT2D eigenvalue weighted by molar-refractivity contribution is 7.19. The van der Waals surface area contributed by atoms with Gasteiger partial charge in [-0.2, -0.15) is 0 Å². The SMILES string of the molecule is C#CCn1c(C)nc2sc(C)c(-c3ccc(OC)c(C)c3)c2c1=O. The van der Waals surface area contributed by atoms with E-state index < -0.39 is 0 Å². The van der Waals surface area contributed by atoms with Crippen LogP contribution >= 0.6 is 11.3 Å². The van der Waals surface area contributed by atoms with Gasteiger partial charge < -0.3 is 4.74 Å². The van der Waals surface area contributed by atoms with Crippen LogP contribution in [0.5, 0.6) is 5.75 Å². The van der Waals surface area contributed by atoms with Crippen molar-refractivity contribution >= 4 is 21.6 Å². The Hall–Kier alpha value is -2.58. The first-order chi connectivity index (χ1) is 11.5. The van der Waals surface area contributed by atoms with Crippen molar-refractivity contribution in [3.05, 3.63) is 44.8 Å². The first kappa shape index (κ1) is 16.3. The number of aryl methyl sites for hydroxylation is 3. The Bertz CT molecular complexity index is 1040. The van der Waals surface area contributed by atoms with E-state index in [-0.39, 0.29) is 12.1 Å². The maximum absolute atomic E-state index is 13.0. The fourth-order valence-electron chi connectivity index (χ4n) is 2.96. The summed E-state index contributed by atoms with van der Waals surface area (Å²) in [6.45, 7) is 6.04. The Balaban J connectivity index is 2.35. The van der Waals surface area contributed by atoms with E-state index in [1.165, 1.54) is 11.3 Å². The van der Waals surface area contributed by atoms with Crippen LogP contribution in [-0.4, -0.2) is 16.7 Å². The van der Waals surface area contributed by atoms with Crippen molar-refractivity contribution in [1.82, 2.24) is 9.55 Å². The average molecular weight is 338 g/mol. The summed E-state index contributed by atoms with van der Waals surface area (Å²) in [6, 6.07) is 5.94. The zero-order valence-electron chi connectivity index (χ0n) is 14.1. The van der Waals surface area contributed by atoms with Gasteiger partial charge in [-0.05, 0) is 44.0 Å². The minimum atomic E-state index is -0.0803. The molecule has 0 amide bonds. The summed E-state index contributed by atoms with van der Waals surface area (Å²) < 4.78 is 6.88. The molecule has 0 aliphatic rings. The molecule has 0 fully saturated rings. The van der Waals surface area contributed by atoms with Crippen LogP contribution in [-0.2, 0) is 6.54 Å². The minimum absolute atomic E-state index is 0.0803. The van der Waals surface area contributed by atoms with Gasteiger partial charge in [0, 0.05) is 10.4 Å². The molecule has 3 aromatic rings. The molecule has 0 saturated heterocycles. The first-order valence-electron chi connectivity index (χ1n) is 7.57. The Morgan fingerprint density at radius 2 is 2.08 bits per heavy atom. The zero-order chi connectivity index (χ0) is 17.4. The van der Waals surface area contributed by atoms with E-state index in [4.69, 9.17) is 11.2 Å². The number of thiophene rings is 1. The fourth-order valence-corrected chi connectivity index (χ4v) is 4.04. The third-order valence-corrected chi connectivity index (χ3v) is 5.11. The topological polar surface area (TPSA) is 44.1 Å². The molecule has 0 atom stereocenters. The highest BCUT2D eigenvalue weighted by atomic mass is 32.1. The lowest BCUT2D eigenvalue weighted by molar-refractivity contribution is 0.412. The Morgan fingerprint density at radius 3 is 2.71 bits per heavy atom. The van der Waals surface area contributed by atoms with E-state index in [2.05, 4.69) is 10.9 Å². The average Bonchev–Trinajstić information content (AvgIpc) is 2.87. The molecule has 3 rings (SSSR count). The molecule has 0 aliphatic heterocycles. The molecule has 122 valence electrons.